The third-order valence-corrected chi connectivity index (χ3v) is 3.98. The SMILES string of the molecule is O=C(NC1CCCCC1)c1cn(-c2ccc(C(F)(F)F)cn2)nn1. The third-order valence-electron chi connectivity index (χ3n) is 3.98. The normalized spacial score (nSPS) is 16.1. The number of nitrogens with one attached hydrogen (secondary N) is 1. The molecule has 0 bridgehead atoms. The first kappa shape index (κ1) is 16.4. The van der Waals surface area contributed by atoms with E-state index >= 15 is 0 Å². The lowest BCUT2D eigenvalue weighted by molar-refractivity contribution is -0.137. The van der Waals surface area contributed by atoms with Crippen LogP contribution in [-0.2, 0) is 6.18 Å². The largest absolute Gasteiger partial charge is 0.417 e. The molecule has 1 N–H and O–H groups in total. The molecule has 0 atom stereocenters. The van der Waals surface area contributed by atoms with Crippen LogP contribution in [0.2, 0.25) is 0 Å². The number of amides is 1. The lowest BCUT2D eigenvalue weighted by Crippen LogP contribution is -2.36. The summed E-state index contributed by atoms with van der Waals surface area (Å²) in [6, 6.07) is 2.23. The molecular weight excluding hydrogens is 323 g/mol. The third kappa shape index (κ3) is 3.72. The molecule has 3 rings (SSSR count). The zero-order chi connectivity index (χ0) is 17.2. The van der Waals surface area contributed by atoms with Gasteiger partial charge in [-0.1, -0.05) is 24.5 Å². The van der Waals surface area contributed by atoms with Gasteiger partial charge in [-0.3, -0.25) is 4.79 Å². The Bertz CT molecular complexity index is 705. The number of alkyl halides is 3. The Hall–Kier alpha value is -2.45. The van der Waals surface area contributed by atoms with Gasteiger partial charge in [-0.15, -0.1) is 5.10 Å². The van der Waals surface area contributed by atoms with Crippen molar-refractivity contribution in [2.75, 3.05) is 0 Å². The number of carbonyl (C=O) groups excluding carboxylic acids is 1. The Morgan fingerprint density at radius 2 is 1.96 bits per heavy atom. The molecular formula is C15H16F3N5O. The van der Waals surface area contributed by atoms with Gasteiger partial charge in [-0.25, -0.2) is 9.67 Å². The van der Waals surface area contributed by atoms with E-state index in [0.717, 1.165) is 37.9 Å². The van der Waals surface area contributed by atoms with E-state index in [1.165, 1.54) is 23.4 Å². The molecule has 2 aromatic heterocycles. The average Bonchev–Trinajstić information content (AvgIpc) is 3.05. The van der Waals surface area contributed by atoms with Gasteiger partial charge in [0.05, 0.1) is 11.8 Å². The summed E-state index contributed by atoms with van der Waals surface area (Å²) in [5, 5.41) is 10.4. The highest BCUT2D eigenvalue weighted by Crippen LogP contribution is 2.28. The summed E-state index contributed by atoms with van der Waals surface area (Å²) in [5.74, 6) is -0.174. The van der Waals surface area contributed by atoms with E-state index in [9.17, 15) is 18.0 Å². The monoisotopic (exact) mass is 339 g/mol. The fourth-order valence-corrected chi connectivity index (χ4v) is 2.68. The van der Waals surface area contributed by atoms with E-state index in [-0.39, 0.29) is 23.5 Å². The second kappa shape index (κ2) is 6.58. The van der Waals surface area contributed by atoms with Gasteiger partial charge in [0.15, 0.2) is 11.5 Å². The van der Waals surface area contributed by atoms with Crippen molar-refractivity contribution in [1.29, 1.82) is 0 Å². The number of nitrogens with zero attached hydrogens (tertiary/aromatic N) is 4. The lowest BCUT2D eigenvalue weighted by atomic mass is 9.95. The van der Waals surface area contributed by atoms with Crippen LogP contribution in [0.15, 0.2) is 24.5 Å². The zero-order valence-electron chi connectivity index (χ0n) is 12.8. The van der Waals surface area contributed by atoms with Gasteiger partial charge < -0.3 is 5.32 Å². The van der Waals surface area contributed by atoms with E-state index in [0.29, 0.717) is 0 Å². The van der Waals surface area contributed by atoms with Gasteiger partial charge in [0.1, 0.15) is 0 Å². The lowest BCUT2D eigenvalue weighted by Gasteiger charge is -2.22. The number of hydrogen-bond acceptors (Lipinski definition) is 4. The standard InChI is InChI=1S/C15H16F3N5O/c16-15(17,18)10-6-7-13(19-8-10)23-9-12(21-22-23)14(24)20-11-4-2-1-3-5-11/h6-9,11H,1-5H2,(H,20,24). The fourth-order valence-electron chi connectivity index (χ4n) is 2.68. The number of rotatable bonds is 3. The summed E-state index contributed by atoms with van der Waals surface area (Å²) in [4.78, 5) is 15.9. The smallest absolute Gasteiger partial charge is 0.348 e. The van der Waals surface area contributed by atoms with Crippen molar-refractivity contribution in [3.63, 3.8) is 0 Å². The highest BCUT2D eigenvalue weighted by atomic mass is 19.4. The Kier molecular flexibility index (Phi) is 4.50. The molecule has 1 aliphatic rings. The highest BCUT2D eigenvalue weighted by Gasteiger charge is 2.30. The highest BCUT2D eigenvalue weighted by molar-refractivity contribution is 5.92. The number of carbonyl (C=O) groups is 1. The molecule has 128 valence electrons. The van der Waals surface area contributed by atoms with Crippen LogP contribution in [0.3, 0.4) is 0 Å². The average molecular weight is 339 g/mol. The van der Waals surface area contributed by atoms with Gasteiger partial charge in [0.2, 0.25) is 0 Å². The van der Waals surface area contributed by atoms with Crippen LogP contribution in [0.5, 0.6) is 0 Å². The first-order chi connectivity index (χ1) is 11.4. The minimum Gasteiger partial charge on any atom is -0.348 e. The van der Waals surface area contributed by atoms with Crippen molar-refractivity contribution in [1.82, 2.24) is 25.3 Å². The predicted molar refractivity (Wildman–Crippen MR) is 78.5 cm³/mol. The molecule has 1 amide bonds. The number of hydrogen-bond donors (Lipinski definition) is 1. The van der Waals surface area contributed by atoms with Gasteiger partial charge in [-0.05, 0) is 25.0 Å². The van der Waals surface area contributed by atoms with E-state index in [4.69, 9.17) is 0 Å². The molecule has 0 spiro atoms. The van der Waals surface area contributed by atoms with Crippen LogP contribution in [-0.4, -0.2) is 31.9 Å². The van der Waals surface area contributed by atoms with Gasteiger partial charge >= 0.3 is 6.18 Å². The van der Waals surface area contributed by atoms with E-state index in [1.807, 2.05) is 0 Å². The second-order valence-electron chi connectivity index (χ2n) is 5.76. The van der Waals surface area contributed by atoms with Crippen molar-refractivity contribution in [3.8, 4) is 5.82 Å². The van der Waals surface area contributed by atoms with E-state index < -0.39 is 11.7 Å². The Morgan fingerprint density at radius 3 is 2.58 bits per heavy atom. The molecule has 0 unspecified atom stereocenters. The Labute approximate surface area is 136 Å². The van der Waals surface area contributed by atoms with Gasteiger partial charge in [-0.2, -0.15) is 13.2 Å². The van der Waals surface area contributed by atoms with Crippen molar-refractivity contribution >= 4 is 5.91 Å². The summed E-state index contributed by atoms with van der Waals surface area (Å²) in [6.07, 6.45) is 2.88. The van der Waals surface area contributed by atoms with Gasteiger partial charge in [0.25, 0.3) is 5.91 Å². The molecule has 1 fully saturated rings. The molecule has 9 heteroatoms. The second-order valence-corrected chi connectivity index (χ2v) is 5.76. The van der Waals surface area contributed by atoms with Crippen LogP contribution >= 0.6 is 0 Å². The zero-order valence-corrected chi connectivity index (χ0v) is 12.8. The fraction of sp³-hybridized carbons (Fsp3) is 0.467. The van der Waals surface area contributed by atoms with Crippen LogP contribution in [0, 0.1) is 0 Å². The summed E-state index contributed by atoms with van der Waals surface area (Å²) in [7, 11) is 0. The summed E-state index contributed by atoms with van der Waals surface area (Å²) in [5.41, 5.74) is -0.732. The minimum absolute atomic E-state index is 0.113. The maximum Gasteiger partial charge on any atom is 0.417 e. The Morgan fingerprint density at radius 1 is 1.21 bits per heavy atom. The van der Waals surface area contributed by atoms with Crippen LogP contribution < -0.4 is 5.32 Å². The van der Waals surface area contributed by atoms with Crippen molar-refractivity contribution in [2.24, 2.45) is 0 Å². The topological polar surface area (TPSA) is 72.7 Å². The first-order valence-corrected chi connectivity index (χ1v) is 7.70. The quantitative estimate of drug-likeness (QED) is 0.933. The molecule has 0 radical (unpaired) electrons. The predicted octanol–water partition coefficient (Wildman–Crippen LogP) is 2.74. The van der Waals surface area contributed by atoms with E-state index in [2.05, 4.69) is 20.6 Å². The summed E-state index contributed by atoms with van der Waals surface area (Å²) >= 11 is 0. The molecule has 2 heterocycles. The van der Waals surface area contributed by atoms with Crippen molar-refractivity contribution in [3.05, 3.63) is 35.8 Å². The maximum absolute atomic E-state index is 12.5. The maximum atomic E-state index is 12.5. The number of pyridine rings is 1. The summed E-state index contributed by atoms with van der Waals surface area (Å²) in [6.45, 7) is 0. The minimum atomic E-state index is -4.45. The van der Waals surface area contributed by atoms with Gasteiger partial charge in [0, 0.05) is 12.2 Å². The molecule has 2 aromatic rings. The van der Waals surface area contributed by atoms with E-state index in [1.54, 1.807) is 0 Å². The molecule has 1 saturated carbocycles. The van der Waals surface area contributed by atoms with Crippen LogP contribution in [0.25, 0.3) is 5.82 Å². The Balaban J connectivity index is 1.69. The van der Waals surface area contributed by atoms with Crippen molar-refractivity contribution in [2.45, 2.75) is 44.3 Å². The number of halogens is 3. The molecule has 24 heavy (non-hydrogen) atoms. The van der Waals surface area contributed by atoms with Crippen molar-refractivity contribution < 1.29 is 18.0 Å². The molecule has 0 aromatic carbocycles. The first-order valence-electron chi connectivity index (χ1n) is 7.70. The molecule has 0 aliphatic heterocycles. The molecule has 1 aliphatic carbocycles. The van der Waals surface area contributed by atoms with Crippen LogP contribution in [0.1, 0.15) is 48.2 Å². The molecule has 6 nitrogen and oxygen atoms in total. The summed E-state index contributed by atoms with van der Waals surface area (Å²) < 4.78 is 38.8. The number of aromatic nitrogens is 4. The molecule has 0 saturated heterocycles. The van der Waals surface area contributed by atoms with Crippen LogP contribution in [0.4, 0.5) is 13.2 Å².